The van der Waals surface area contributed by atoms with Crippen molar-refractivity contribution in [3.8, 4) is 17.2 Å². The Morgan fingerprint density at radius 3 is 1.04 bits per heavy atom. The Hall–Kier alpha value is -2.97. The van der Waals surface area contributed by atoms with E-state index in [-0.39, 0.29) is 23.2 Å². The van der Waals surface area contributed by atoms with Crippen LogP contribution in [-0.2, 0) is 14.4 Å². The van der Waals surface area contributed by atoms with E-state index in [1.54, 1.807) is 0 Å². The van der Waals surface area contributed by atoms with E-state index in [2.05, 4.69) is 6.92 Å². The molecule has 0 heterocycles. The predicted octanol–water partition coefficient (Wildman–Crippen LogP) is 6.51. The van der Waals surface area contributed by atoms with Crippen molar-refractivity contribution < 1.29 is 45.0 Å². The summed E-state index contributed by atoms with van der Waals surface area (Å²) in [5.41, 5.74) is 1.35. The summed E-state index contributed by atoms with van der Waals surface area (Å²) < 4.78 is 0. The van der Waals surface area contributed by atoms with E-state index in [0.717, 1.165) is 39.2 Å². The third kappa shape index (κ3) is 27.3. The number of unbranched alkanes of at least 4 members (excludes halogenated alkanes) is 21. The van der Waals surface area contributed by atoms with Gasteiger partial charge in [0.1, 0.15) is 5.75 Å². The van der Waals surface area contributed by atoms with Crippen LogP contribution in [0.15, 0.2) is 6.07 Å². The number of phenols is 3. The van der Waals surface area contributed by atoms with Gasteiger partial charge in [0.2, 0.25) is 0 Å². The first-order valence-corrected chi connectivity index (χ1v) is 17.7. The molecule has 0 spiro atoms. The summed E-state index contributed by atoms with van der Waals surface area (Å²) in [6.07, 6.45) is 31.6. The van der Waals surface area contributed by atoms with Gasteiger partial charge in [-0.15, -0.1) is 0 Å². The average Bonchev–Trinajstić information content (AvgIpc) is 2.96. The van der Waals surface area contributed by atoms with Gasteiger partial charge in [-0.3, -0.25) is 0 Å². The average molecular weight is 652 g/mol. The number of carbonyl (C=O) groups is 3. The molecule has 268 valence electrons. The summed E-state index contributed by atoms with van der Waals surface area (Å²) >= 11 is 0. The molecule has 9 nitrogen and oxygen atoms in total. The van der Waals surface area contributed by atoms with Crippen LogP contribution in [0.2, 0.25) is 0 Å². The number of hydrogen-bond donors (Lipinski definition) is 3. The standard InChI is InChI=1S/C31H54O3.3C2H4O2/c1-2-3-4-5-6-7-8-9-10-11-12-13-14-15-16-17-18-19-20-21-22-23-24-26-27-25-28(32)31(34)29(26)30(27)33;3*1-2(3)4/h25-26,32-34H,2-24H2,1H3;3*1H3,(H,3,4)/p-3. The summed E-state index contributed by atoms with van der Waals surface area (Å²) in [6.45, 7) is 5.21. The van der Waals surface area contributed by atoms with Crippen LogP contribution in [0.3, 0.4) is 0 Å². The molecular weight excluding hydrogens is 588 g/mol. The quantitative estimate of drug-likeness (QED) is 0.0675. The van der Waals surface area contributed by atoms with Crippen LogP contribution in [0.4, 0.5) is 0 Å². The van der Waals surface area contributed by atoms with Gasteiger partial charge in [0.15, 0.2) is 11.5 Å². The zero-order valence-corrected chi connectivity index (χ0v) is 29.2. The molecule has 1 atom stereocenters. The van der Waals surface area contributed by atoms with Crippen molar-refractivity contribution in [3.63, 3.8) is 0 Å². The minimum Gasteiger partial charge on any atom is -0.550 e. The van der Waals surface area contributed by atoms with E-state index in [1.807, 2.05) is 0 Å². The molecule has 0 saturated carbocycles. The minimum atomic E-state index is -1.08. The monoisotopic (exact) mass is 651 g/mol. The van der Waals surface area contributed by atoms with Crippen LogP contribution in [0.5, 0.6) is 17.2 Å². The molecule has 46 heavy (non-hydrogen) atoms. The number of phenolic OH excluding ortho intramolecular Hbond substituents is 3. The molecule has 1 aromatic rings. The maximum absolute atomic E-state index is 9.87. The molecule has 3 rings (SSSR count). The molecule has 9 heteroatoms. The third-order valence-electron chi connectivity index (χ3n) is 7.89. The smallest absolute Gasteiger partial charge is 0.165 e. The maximum Gasteiger partial charge on any atom is 0.165 e. The fraction of sp³-hybridized carbons (Fsp3) is 0.757. The highest BCUT2D eigenvalue weighted by molar-refractivity contribution is 5.69. The van der Waals surface area contributed by atoms with Gasteiger partial charge in [-0.1, -0.05) is 148 Å². The van der Waals surface area contributed by atoms with E-state index in [1.165, 1.54) is 141 Å². The molecule has 2 aliphatic carbocycles. The van der Waals surface area contributed by atoms with Crippen LogP contribution in [0.1, 0.15) is 192 Å². The first-order valence-electron chi connectivity index (χ1n) is 17.7. The van der Waals surface area contributed by atoms with E-state index < -0.39 is 17.9 Å². The summed E-state index contributed by atoms with van der Waals surface area (Å²) in [6, 6.07) is 1.51. The fourth-order valence-electron chi connectivity index (χ4n) is 5.62. The van der Waals surface area contributed by atoms with Gasteiger partial charge in [-0.25, -0.2) is 0 Å². The molecule has 2 bridgehead atoms. The van der Waals surface area contributed by atoms with E-state index in [9.17, 15) is 15.3 Å². The number of aromatic hydroxyl groups is 3. The van der Waals surface area contributed by atoms with Crippen molar-refractivity contribution in [2.45, 2.75) is 181 Å². The van der Waals surface area contributed by atoms with Gasteiger partial charge in [-0.2, -0.15) is 0 Å². The van der Waals surface area contributed by atoms with E-state index >= 15 is 0 Å². The number of benzene rings is 1. The SMILES string of the molecule is CC(=O)[O-].CC(=O)[O-].CC(=O)[O-].CCCCCCCCCCCCCCCCCCCCCCCCC1c2cc(O)c(O)c1c2O. The number of carboxylic acid groups (broad SMARTS) is 3. The number of aliphatic carboxylic acids is 3. The van der Waals surface area contributed by atoms with Crippen molar-refractivity contribution >= 4 is 17.9 Å². The van der Waals surface area contributed by atoms with Gasteiger partial charge >= 0.3 is 0 Å². The lowest BCUT2D eigenvalue weighted by molar-refractivity contribution is -0.303. The van der Waals surface area contributed by atoms with Gasteiger partial charge in [-0.05, 0) is 33.3 Å². The Morgan fingerprint density at radius 1 is 0.522 bits per heavy atom. The molecule has 0 aliphatic heterocycles. The second-order valence-corrected chi connectivity index (χ2v) is 12.3. The van der Waals surface area contributed by atoms with Gasteiger partial charge in [0, 0.05) is 35.0 Å². The van der Waals surface area contributed by atoms with Gasteiger partial charge < -0.3 is 45.0 Å². The Balaban J connectivity index is 0. The van der Waals surface area contributed by atoms with Crippen molar-refractivity contribution in [1.82, 2.24) is 0 Å². The van der Waals surface area contributed by atoms with Gasteiger partial charge in [0.05, 0.1) is 0 Å². The molecule has 1 unspecified atom stereocenters. The maximum atomic E-state index is 9.87. The highest BCUT2D eigenvalue weighted by Crippen LogP contribution is 2.57. The normalized spacial score (nSPS) is 12.3. The van der Waals surface area contributed by atoms with Crippen molar-refractivity contribution in [3.05, 3.63) is 17.2 Å². The van der Waals surface area contributed by atoms with Crippen LogP contribution >= 0.6 is 0 Å². The topological polar surface area (TPSA) is 181 Å². The molecule has 0 aromatic heterocycles. The molecule has 1 aromatic carbocycles. The van der Waals surface area contributed by atoms with Gasteiger partial charge in [0.25, 0.3) is 0 Å². The fourth-order valence-corrected chi connectivity index (χ4v) is 5.62. The third-order valence-corrected chi connectivity index (χ3v) is 7.89. The number of rotatable bonds is 23. The lowest BCUT2D eigenvalue weighted by atomic mass is 9.75. The molecule has 3 N–H and O–H groups in total. The Labute approximate surface area is 278 Å². The number of fused-ring (bicyclic) bond motifs is 2. The van der Waals surface area contributed by atoms with Crippen LogP contribution in [-0.4, -0.2) is 33.2 Å². The van der Waals surface area contributed by atoms with Crippen LogP contribution in [0, 0.1) is 0 Å². The van der Waals surface area contributed by atoms with Crippen molar-refractivity contribution in [1.29, 1.82) is 0 Å². The zero-order valence-electron chi connectivity index (χ0n) is 29.2. The Morgan fingerprint density at radius 2 is 0.783 bits per heavy atom. The van der Waals surface area contributed by atoms with E-state index in [4.69, 9.17) is 29.7 Å². The lowest BCUT2D eigenvalue weighted by Crippen LogP contribution is -2.16. The molecule has 0 fully saturated rings. The van der Waals surface area contributed by atoms with Crippen molar-refractivity contribution in [2.24, 2.45) is 0 Å². The first kappa shape index (κ1) is 45.2. The second kappa shape index (κ2) is 30.7. The molecule has 0 saturated heterocycles. The van der Waals surface area contributed by atoms with Crippen LogP contribution < -0.4 is 15.3 Å². The minimum absolute atomic E-state index is 0.104. The largest absolute Gasteiger partial charge is 0.550 e. The van der Waals surface area contributed by atoms with Crippen LogP contribution in [0.25, 0.3) is 0 Å². The summed E-state index contributed by atoms with van der Waals surface area (Å²) in [5.74, 6) is -3.18. The molecule has 0 amide bonds. The lowest BCUT2D eigenvalue weighted by Gasteiger charge is -2.31. The predicted molar refractivity (Wildman–Crippen MR) is 177 cm³/mol. The number of carboxylic acids is 3. The first-order chi connectivity index (χ1) is 21.9. The van der Waals surface area contributed by atoms with Crippen molar-refractivity contribution in [2.75, 3.05) is 0 Å². The highest BCUT2D eigenvalue weighted by atomic mass is 16.4. The molecular formula is C37H63O9-3. The summed E-state index contributed by atoms with van der Waals surface area (Å²) in [5, 5.41) is 56.0. The highest BCUT2D eigenvalue weighted by Gasteiger charge is 2.36. The Bertz CT molecular complexity index is 889. The zero-order chi connectivity index (χ0) is 35.2. The Kier molecular flexibility index (Phi) is 30.1. The summed E-state index contributed by atoms with van der Waals surface area (Å²) in [7, 11) is 0. The summed E-state index contributed by atoms with van der Waals surface area (Å²) in [4.78, 5) is 26.7. The second-order valence-electron chi connectivity index (χ2n) is 12.3. The molecule has 2 aliphatic rings. The number of carbonyl (C=O) groups excluding carboxylic acids is 3. The number of hydrogen-bond acceptors (Lipinski definition) is 9. The van der Waals surface area contributed by atoms with E-state index in [0.29, 0.717) is 5.56 Å². The molecule has 0 radical (unpaired) electrons.